The molecule has 4 heteroatoms. The molecule has 1 aromatic carbocycles. The normalized spacial score (nSPS) is 20.1. The zero-order valence-electron chi connectivity index (χ0n) is 13.0. The lowest BCUT2D eigenvalue weighted by Gasteiger charge is -2.30. The molecular formula is C18H24N2O2. The van der Waals surface area contributed by atoms with Crippen molar-refractivity contribution in [1.29, 1.82) is 0 Å². The Kier molecular flexibility index (Phi) is 4.46. The van der Waals surface area contributed by atoms with Crippen LogP contribution in [0, 0.1) is 0 Å². The Morgan fingerprint density at radius 1 is 1.00 bits per heavy atom. The molecule has 2 amide bonds. The van der Waals surface area contributed by atoms with E-state index >= 15 is 0 Å². The van der Waals surface area contributed by atoms with Crippen molar-refractivity contribution in [3.63, 3.8) is 0 Å². The molecule has 0 radical (unpaired) electrons. The van der Waals surface area contributed by atoms with Crippen LogP contribution in [0.4, 0.5) is 0 Å². The summed E-state index contributed by atoms with van der Waals surface area (Å²) in [5.41, 5.74) is 1.28. The summed E-state index contributed by atoms with van der Waals surface area (Å²) in [6.07, 6.45) is 6.54. The Balaban J connectivity index is 1.65. The number of benzene rings is 1. The second-order valence-electron chi connectivity index (χ2n) is 6.54. The fraction of sp³-hybridized carbons (Fsp3) is 0.556. The summed E-state index contributed by atoms with van der Waals surface area (Å²) in [6, 6.07) is 10.4. The van der Waals surface area contributed by atoms with Crippen molar-refractivity contribution < 1.29 is 9.59 Å². The van der Waals surface area contributed by atoms with Gasteiger partial charge in [-0.25, -0.2) is 0 Å². The first-order valence-corrected chi connectivity index (χ1v) is 8.34. The van der Waals surface area contributed by atoms with Gasteiger partial charge in [0.05, 0.1) is 0 Å². The second-order valence-corrected chi connectivity index (χ2v) is 6.54. The van der Waals surface area contributed by atoms with Gasteiger partial charge >= 0.3 is 11.8 Å². The molecule has 0 aromatic heterocycles. The van der Waals surface area contributed by atoms with Crippen molar-refractivity contribution in [3.8, 4) is 0 Å². The Labute approximate surface area is 131 Å². The number of nitrogens with one attached hydrogen (secondary N) is 1. The van der Waals surface area contributed by atoms with Crippen LogP contribution >= 0.6 is 0 Å². The molecule has 1 saturated carbocycles. The van der Waals surface area contributed by atoms with E-state index in [9.17, 15) is 9.59 Å². The fourth-order valence-electron chi connectivity index (χ4n) is 3.80. The van der Waals surface area contributed by atoms with Crippen LogP contribution in [0.3, 0.4) is 0 Å². The average Bonchev–Trinajstić information content (AvgIpc) is 3.25. The van der Waals surface area contributed by atoms with E-state index in [2.05, 4.69) is 17.4 Å². The first kappa shape index (κ1) is 15.1. The SMILES string of the molecule is O=C(NCC1(c2ccccc2)CCCC1)C(=O)N1CCCC1. The summed E-state index contributed by atoms with van der Waals surface area (Å²) in [6.45, 7) is 2.00. The Hall–Kier alpha value is -1.84. The van der Waals surface area contributed by atoms with Crippen LogP contribution in [-0.4, -0.2) is 36.3 Å². The summed E-state index contributed by atoms with van der Waals surface area (Å²) in [4.78, 5) is 25.9. The minimum atomic E-state index is -0.441. The molecule has 3 rings (SSSR count). The molecule has 4 nitrogen and oxygen atoms in total. The van der Waals surface area contributed by atoms with Crippen LogP contribution in [0.25, 0.3) is 0 Å². The highest BCUT2D eigenvalue weighted by Crippen LogP contribution is 2.40. The van der Waals surface area contributed by atoms with Crippen molar-refractivity contribution in [1.82, 2.24) is 10.2 Å². The molecule has 1 aliphatic carbocycles. The molecule has 2 aliphatic rings. The number of nitrogens with zero attached hydrogens (tertiary/aromatic N) is 1. The van der Waals surface area contributed by atoms with Crippen LogP contribution < -0.4 is 5.32 Å². The highest BCUT2D eigenvalue weighted by molar-refractivity contribution is 6.35. The summed E-state index contributed by atoms with van der Waals surface area (Å²) < 4.78 is 0. The van der Waals surface area contributed by atoms with Gasteiger partial charge in [-0.1, -0.05) is 43.2 Å². The maximum Gasteiger partial charge on any atom is 0.311 e. The minimum absolute atomic E-state index is 0.00219. The van der Waals surface area contributed by atoms with Gasteiger partial charge < -0.3 is 10.2 Å². The van der Waals surface area contributed by atoms with E-state index in [1.54, 1.807) is 4.90 Å². The highest BCUT2D eigenvalue weighted by Gasteiger charge is 2.36. The number of carbonyl (C=O) groups excluding carboxylic acids is 2. The van der Waals surface area contributed by atoms with Gasteiger partial charge in [-0.2, -0.15) is 0 Å². The van der Waals surface area contributed by atoms with Crippen molar-refractivity contribution in [2.75, 3.05) is 19.6 Å². The summed E-state index contributed by atoms with van der Waals surface area (Å²) in [7, 11) is 0. The number of hydrogen-bond donors (Lipinski definition) is 1. The van der Waals surface area contributed by atoms with Gasteiger partial charge in [0.2, 0.25) is 0 Å². The van der Waals surface area contributed by atoms with Crippen LogP contribution in [-0.2, 0) is 15.0 Å². The van der Waals surface area contributed by atoms with E-state index in [1.807, 2.05) is 18.2 Å². The van der Waals surface area contributed by atoms with E-state index in [0.717, 1.165) is 38.8 Å². The Morgan fingerprint density at radius 2 is 1.64 bits per heavy atom. The van der Waals surface area contributed by atoms with E-state index < -0.39 is 5.91 Å². The molecule has 0 atom stereocenters. The maximum atomic E-state index is 12.2. The second kappa shape index (κ2) is 6.51. The third-order valence-corrected chi connectivity index (χ3v) is 5.12. The molecule has 118 valence electrons. The molecule has 0 spiro atoms. The third kappa shape index (κ3) is 3.01. The number of amides is 2. The monoisotopic (exact) mass is 300 g/mol. The van der Waals surface area contributed by atoms with E-state index in [-0.39, 0.29) is 11.3 Å². The Bertz CT molecular complexity index is 529. The van der Waals surface area contributed by atoms with Gasteiger partial charge in [0.1, 0.15) is 0 Å². The molecule has 2 fully saturated rings. The molecule has 1 saturated heterocycles. The predicted molar refractivity (Wildman–Crippen MR) is 85.4 cm³/mol. The molecule has 1 aromatic rings. The average molecular weight is 300 g/mol. The number of hydrogen-bond acceptors (Lipinski definition) is 2. The van der Waals surface area contributed by atoms with Gasteiger partial charge in [0.15, 0.2) is 0 Å². The Morgan fingerprint density at radius 3 is 2.27 bits per heavy atom. The maximum absolute atomic E-state index is 12.2. The molecular weight excluding hydrogens is 276 g/mol. The standard InChI is InChI=1S/C18H24N2O2/c21-16(17(22)20-12-6-7-13-20)19-14-18(10-4-5-11-18)15-8-2-1-3-9-15/h1-3,8-9H,4-7,10-14H2,(H,19,21). The lowest BCUT2D eigenvalue weighted by atomic mass is 9.79. The zero-order chi connectivity index (χ0) is 15.4. The summed E-state index contributed by atoms with van der Waals surface area (Å²) in [5, 5.41) is 2.91. The number of likely N-dealkylation sites (tertiary alicyclic amines) is 1. The molecule has 1 heterocycles. The van der Waals surface area contributed by atoms with Gasteiger partial charge in [0, 0.05) is 25.0 Å². The highest BCUT2D eigenvalue weighted by atomic mass is 16.2. The first-order chi connectivity index (χ1) is 10.7. The summed E-state index contributed by atoms with van der Waals surface area (Å²) in [5.74, 6) is -0.803. The van der Waals surface area contributed by atoms with Gasteiger partial charge in [-0.3, -0.25) is 9.59 Å². The predicted octanol–water partition coefficient (Wildman–Crippen LogP) is 2.24. The molecule has 0 bridgehead atoms. The van der Waals surface area contributed by atoms with Crippen molar-refractivity contribution in [2.45, 2.75) is 43.9 Å². The quantitative estimate of drug-likeness (QED) is 0.870. The number of rotatable bonds is 3. The van der Waals surface area contributed by atoms with Crippen molar-refractivity contribution >= 4 is 11.8 Å². The smallest absolute Gasteiger partial charge is 0.311 e. The van der Waals surface area contributed by atoms with Crippen molar-refractivity contribution in [2.24, 2.45) is 0 Å². The van der Waals surface area contributed by atoms with Crippen LogP contribution in [0.2, 0.25) is 0 Å². The van der Waals surface area contributed by atoms with Crippen LogP contribution in [0.15, 0.2) is 30.3 Å². The van der Waals surface area contributed by atoms with E-state index in [4.69, 9.17) is 0 Å². The van der Waals surface area contributed by atoms with Crippen LogP contribution in [0.5, 0.6) is 0 Å². The number of carbonyl (C=O) groups is 2. The van der Waals surface area contributed by atoms with Crippen LogP contribution in [0.1, 0.15) is 44.1 Å². The van der Waals surface area contributed by atoms with Crippen molar-refractivity contribution in [3.05, 3.63) is 35.9 Å². The van der Waals surface area contributed by atoms with Gasteiger partial charge in [-0.05, 0) is 31.2 Å². The van der Waals surface area contributed by atoms with Gasteiger partial charge in [-0.15, -0.1) is 0 Å². The molecule has 1 aliphatic heterocycles. The first-order valence-electron chi connectivity index (χ1n) is 8.34. The summed E-state index contributed by atoms with van der Waals surface area (Å²) >= 11 is 0. The topological polar surface area (TPSA) is 49.4 Å². The lowest BCUT2D eigenvalue weighted by molar-refractivity contribution is -0.145. The largest absolute Gasteiger partial charge is 0.347 e. The van der Waals surface area contributed by atoms with E-state index in [1.165, 1.54) is 18.4 Å². The molecule has 1 N–H and O–H groups in total. The molecule has 0 unspecified atom stereocenters. The van der Waals surface area contributed by atoms with Gasteiger partial charge in [0.25, 0.3) is 0 Å². The fourth-order valence-corrected chi connectivity index (χ4v) is 3.80. The lowest BCUT2D eigenvalue weighted by Crippen LogP contribution is -2.46. The van der Waals surface area contributed by atoms with E-state index in [0.29, 0.717) is 6.54 Å². The third-order valence-electron chi connectivity index (χ3n) is 5.12. The minimum Gasteiger partial charge on any atom is -0.347 e. The molecule has 22 heavy (non-hydrogen) atoms. The zero-order valence-corrected chi connectivity index (χ0v) is 13.0.